The van der Waals surface area contributed by atoms with Gasteiger partial charge >= 0.3 is 12.0 Å². The first kappa shape index (κ1) is 34.6. The SMILES string of the molecule is CCOc1cc([C@H]2NC(=O)NC(C)=C2C(=O)OC)ccc1OC[C@H](O)N/N=C/c1cc(I)cc(I)c1OCc1cccc(Cl)c1. The molecule has 3 aromatic rings. The third kappa shape index (κ3) is 9.37. The number of nitrogens with one attached hydrogen (secondary N) is 3. The van der Waals surface area contributed by atoms with Crippen LogP contribution in [0.5, 0.6) is 17.2 Å². The molecule has 4 rings (SSSR count). The lowest BCUT2D eigenvalue weighted by Gasteiger charge is -2.28. The smallest absolute Gasteiger partial charge is 0.337 e. The highest BCUT2D eigenvalue weighted by atomic mass is 127. The van der Waals surface area contributed by atoms with Crippen LogP contribution in [-0.2, 0) is 16.1 Å². The van der Waals surface area contributed by atoms with Gasteiger partial charge in [0.1, 0.15) is 19.0 Å². The first-order valence-corrected chi connectivity index (χ1v) is 16.2. The van der Waals surface area contributed by atoms with Crippen molar-refractivity contribution in [2.45, 2.75) is 32.7 Å². The van der Waals surface area contributed by atoms with E-state index < -0.39 is 24.3 Å². The Morgan fingerprint density at radius 2 is 1.93 bits per heavy atom. The lowest BCUT2D eigenvalue weighted by Crippen LogP contribution is -2.45. The molecule has 0 unspecified atom stereocenters. The predicted molar refractivity (Wildman–Crippen MR) is 187 cm³/mol. The lowest BCUT2D eigenvalue weighted by molar-refractivity contribution is -0.136. The molecule has 1 heterocycles. The number of aliphatic hydroxyl groups excluding tert-OH is 1. The van der Waals surface area contributed by atoms with Crippen LogP contribution >= 0.6 is 56.8 Å². The van der Waals surface area contributed by atoms with E-state index in [-0.39, 0.29) is 12.2 Å². The molecule has 0 saturated carbocycles. The minimum absolute atomic E-state index is 0.157. The Balaban J connectivity index is 1.43. The Bertz CT molecular complexity index is 1620. The molecule has 0 radical (unpaired) electrons. The van der Waals surface area contributed by atoms with E-state index in [1.807, 2.05) is 43.3 Å². The largest absolute Gasteiger partial charge is 0.490 e. The number of allylic oxidation sites excluding steroid dienone is 1. The average molecular weight is 861 g/mol. The van der Waals surface area contributed by atoms with E-state index in [4.69, 9.17) is 30.5 Å². The quantitative estimate of drug-likeness (QED) is 0.0570. The number of benzene rings is 3. The van der Waals surface area contributed by atoms with Gasteiger partial charge in [-0.1, -0.05) is 29.8 Å². The molecule has 0 fully saturated rings. The van der Waals surface area contributed by atoms with Gasteiger partial charge in [-0.25, -0.2) is 9.59 Å². The van der Waals surface area contributed by atoms with Crippen LogP contribution in [0.1, 0.15) is 36.6 Å². The summed E-state index contributed by atoms with van der Waals surface area (Å²) in [4.78, 5) is 24.6. The molecule has 238 valence electrons. The second-order valence-electron chi connectivity index (χ2n) is 9.64. The minimum atomic E-state index is -1.16. The van der Waals surface area contributed by atoms with Gasteiger partial charge in [0.2, 0.25) is 0 Å². The van der Waals surface area contributed by atoms with Crippen LogP contribution in [0.25, 0.3) is 0 Å². The fraction of sp³-hybridized carbons (Fsp3) is 0.258. The van der Waals surface area contributed by atoms with Crippen LogP contribution in [0, 0.1) is 7.14 Å². The van der Waals surface area contributed by atoms with E-state index in [0.717, 1.165) is 18.3 Å². The molecule has 4 N–H and O–H groups in total. The number of rotatable bonds is 13. The van der Waals surface area contributed by atoms with E-state index in [1.54, 1.807) is 31.3 Å². The third-order valence-electron chi connectivity index (χ3n) is 6.41. The number of halogens is 3. The van der Waals surface area contributed by atoms with Crippen molar-refractivity contribution in [3.8, 4) is 17.2 Å². The molecule has 0 aromatic heterocycles. The molecule has 2 amide bonds. The molecule has 0 spiro atoms. The molecule has 3 aromatic carbocycles. The van der Waals surface area contributed by atoms with Crippen molar-refractivity contribution in [1.29, 1.82) is 0 Å². The van der Waals surface area contributed by atoms with Gasteiger partial charge < -0.3 is 34.7 Å². The van der Waals surface area contributed by atoms with Gasteiger partial charge in [0.25, 0.3) is 0 Å². The Labute approximate surface area is 293 Å². The predicted octanol–water partition coefficient (Wildman–Crippen LogP) is 5.65. The van der Waals surface area contributed by atoms with E-state index >= 15 is 0 Å². The Morgan fingerprint density at radius 1 is 1.13 bits per heavy atom. The number of urea groups is 1. The second kappa shape index (κ2) is 16.3. The van der Waals surface area contributed by atoms with Gasteiger partial charge in [-0.2, -0.15) is 5.10 Å². The van der Waals surface area contributed by atoms with Crippen molar-refractivity contribution in [3.63, 3.8) is 0 Å². The maximum absolute atomic E-state index is 12.5. The highest BCUT2D eigenvalue weighted by Gasteiger charge is 2.32. The summed E-state index contributed by atoms with van der Waals surface area (Å²) in [6.45, 7) is 3.95. The van der Waals surface area contributed by atoms with Gasteiger partial charge in [0.15, 0.2) is 17.7 Å². The molecular weight excluding hydrogens is 830 g/mol. The molecule has 0 saturated heterocycles. The minimum Gasteiger partial charge on any atom is -0.490 e. The van der Waals surface area contributed by atoms with Gasteiger partial charge in [0, 0.05) is 19.9 Å². The maximum Gasteiger partial charge on any atom is 0.337 e. The first-order chi connectivity index (χ1) is 21.6. The van der Waals surface area contributed by atoms with Gasteiger partial charge in [0.05, 0.1) is 35.1 Å². The van der Waals surface area contributed by atoms with Gasteiger partial charge in [-0.15, -0.1) is 0 Å². The number of hydrogen-bond acceptors (Lipinski definition) is 9. The fourth-order valence-corrected chi connectivity index (χ4v) is 6.68. The molecule has 1 aliphatic rings. The topological polar surface area (TPSA) is 140 Å². The number of aliphatic hydroxyl groups is 1. The fourth-order valence-electron chi connectivity index (χ4n) is 4.43. The summed E-state index contributed by atoms with van der Waals surface area (Å²) in [7, 11) is 1.28. The van der Waals surface area contributed by atoms with Gasteiger partial charge in [-0.3, -0.25) is 5.43 Å². The molecule has 14 heteroatoms. The summed E-state index contributed by atoms with van der Waals surface area (Å²) >= 11 is 10.5. The van der Waals surface area contributed by atoms with Crippen LogP contribution < -0.4 is 30.3 Å². The van der Waals surface area contributed by atoms with Crippen LogP contribution in [0.3, 0.4) is 0 Å². The zero-order valence-electron chi connectivity index (χ0n) is 24.5. The second-order valence-corrected chi connectivity index (χ2v) is 12.5. The summed E-state index contributed by atoms with van der Waals surface area (Å²) in [6, 6.07) is 15.2. The molecule has 0 bridgehead atoms. The molecular formula is C31H31ClI2N4O7. The van der Waals surface area contributed by atoms with Crippen LogP contribution in [0.4, 0.5) is 4.79 Å². The van der Waals surface area contributed by atoms with Gasteiger partial charge in [-0.05, 0) is 107 Å². The molecule has 45 heavy (non-hydrogen) atoms. The maximum atomic E-state index is 12.5. The number of hydrazone groups is 1. The van der Waals surface area contributed by atoms with E-state index in [9.17, 15) is 14.7 Å². The number of ether oxygens (including phenoxy) is 4. The van der Waals surface area contributed by atoms with Crippen LogP contribution in [0.2, 0.25) is 5.02 Å². The van der Waals surface area contributed by atoms with Crippen molar-refractivity contribution in [2.24, 2.45) is 5.10 Å². The first-order valence-electron chi connectivity index (χ1n) is 13.7. The lowest BCUT2D eigenvalue weighted by atomic mass is 9.95. The summed E-state index contributed by atoms with van der Waals surface area (Å²) < 4.78 is 24.6. The summed E-state index contributed by atoms with van der Waals surface area (Å²) in [5.41, 5.74) is 5.57. The van der Waals surface area contributed by atoms with Crippen molar-refractivity contribution in [2.75, 3.05) is 20.3 Å². The normalized spacial score (nSPS) is 15.3. The van der Waals surface area contributed by atoms with E-state index in [0.29, 0.717) is 46.7 Å². The number of nitrogens with zero attached hydrogens (tertiary/aromatic N) is 1. The van der Waals surface area contributed by atoms with E-state index in [1.165, 1.54) is 7.11 Å². The van der Waals surface area contributed by atoms with E-state index in [2.05, 4.69) is 66.3 Å². The van der Waals surface area contributed by atoms with Crippen LogP contribution in [0.15, 0.2) is 71.0 Å². The number of carbonyl (C=O) groups is 2. The molecule has 0 aliphatic carbocycles. The number of carbonyl (C=O) groups excluding carboxylic acids is 2. The third-order valence-corrected chi connectivity index (χ3v) is 8.07. The Morgan fingerprint density at radius 3 is 2.67 bits per heavy atom. The van der Waals surface area contributed by atoms with Crippen molar-refractivity contribution in [3.05, 3.63) is 94.7 Å². The standard InChI is InChI=1S/C31H31ClI2N4O7/c1-4-43-25-12-19(28-27(30(40)42-3)17(2)36-31(41)37-28)8-9-24(25)44-16-26(39)38-35-14-20-11-22(33)13-23(34)29(20)45-15-18-6-5-7-21(32)10-18/h5-14,26,28,38-39H,4,15-16H2,1-3H3,(H2,36,37,41)/b35-14+/t26-,28+/m0/s1. The van der Waals surface area contributed by atoms with Crippen molar-refractivity contribution < 1.29 is 33.6 Å². The average Bonchev–Trinajstić information content (AvgIpc) is 2.99. The highest BCUT2D eigenvalue weighted by molar-refractivity contribution is 14.1. The highest BCUT2D eigenvalue weighted by Crippen LogP contribution is 2.35. The molecule has 1 aliphatic heterocycles. The van der Waals surface area contributed by atoms with Crippen LogP contribution in [-0.4, -0.2) is 49.9 Å². The van der Waals surface area contributed by atoms with Crippen molar-refractivity contribution in [1.82, 2.24) is 16.1 Å². The number of esters is 1. The summed E-state index contributed by atoms with van der Waals surface area (Å²) in [5.74, 6) is 0.807. The Hall–Kier alpha value is -3.28. The monoisotopic (exact) mass is 860 g/mol. The molecule has 11 nitrogen and oxygen atoms in total. The van der Waals surface area contributed by atoms with Crippen molar-refractivity contribution >= 4 is 75.0 Å². The number of hydrogen-bond donors (Lipinski definition) is 4. The Kier molecular flexibility index (Phi) is 12.6. The zero-order chi connectivity index (χ0) is 32.5. The zero-order valence-corrected chi connectivity index (χ0v) is 29.6. The number of amides is 2. The molecule has 2 atom stereocenters. The number of methoxy groups -OCH3 is 1. The summed E-state index contributed by atoms with van der Waals surface area (Å²) in [5, 5.41) is 20.7. The summed E-state index contributed by atoms with van der Waals surface area (Å²) in [6.07, 6.45) is 0.413.